The molecule has 0 aliphatic carbocycles. The van der Waals surface area contributed by atoms with Gasteiger partial charge in [-0.2, -0.15) is 0 Å². The van der Waals surface area contributed by atoms with Crippen LogP contribution in [0, 0.1) is 0 Å². The van der Waals surface area contributed by atoms with Gasteiger partial charge in [-0.3, -0.25) is 4.98 Å². The van der Waals surface area contributed by atoms with Gasteiger partial charge in [-0.1, -0.05) is 23.7 Å². The predicted octanol–water partition coefficient (Wildman–Crippen LogP) is 4.82. The molecule has 0 radical (unpaired) electrons. The Morgan fingerprint density at radius 3 is 2.76 bits per heavy atom. The highest BCUT2D eigenvalue weighted by molar-refractivity contribution is 6.33. The van der Waals surface area contributed by atoms with Crippen molar-refractivity contribution >= 4 is 39.8 Å². The lowest BCUT2D eigenvalue weighted by Gasteiger charge is -2.15. The molecule has 0 unspecified atom stereocenters. The van der Waals surface area contributed by atoms with E-state index in [1.807, 2.05) is 36.4 Å². The molecule has 0 fully saturated rings. The zero-order valence-electron chi connectivity index (χ0n) is 13.9. The SMILES string of the molecule is CCOC(=O)c1cnc2ccc(OC)cc2c1Nc1ccccc1Cl. The molecule has 3 aromatic rings. The molecule has 25 heavy (non-hydrogen) atoms. The molecular formula is C19H17ClN2O3. The molecule has 5 nitrogen and oxygen atoms in total. The quantitative estimate of drug-likeness (QED) is 0.664. The van der Waals surface area contributed by atoms with E-state index in [4.69, 9.17) is 21.1 Å². The smallest absolute Gasteiger partial charge is 0.341 e. The van der Waals surface area contributed by atoms with Crippen LogP contribution in [0.1, 0.15) is 17.3 Å². The maximum Gasteiger partial charge on any atom is 0.341 e. The summed E-state index contributed by atoms with van der Waals surface area (Å²) in [6.45, 7) is 2.04. The number of rotatable bonds is 5. The number of carbonyl (C=O) groups is 1. The van der Waals surface area contributed by atoms with Gasteiger partial charge in [0.2, 0.25) is 0 Å². The van der Waals surface area contributed by atoms with Crippen molar-refractivity contribution in [3.8, 4) is 5.75 Å². The molecule has 0 aliphatic rings. The van der Waals surface area contributed by atoms with Gasteiger partial charge >= 0.3 is 5.97 Å². The minimum absolute atomic E-state index is 0.278. The summed E-state index contributed by atoms with van der Waals surface area (Å²) in [6, 6.07) is 12.8. The average Bonchev–Trinajstić information content (AvgIpc) is 2.63. The second kappa shape index (κ2) is 7.40. The molecule has 2 aromatic carbocycles. The van der Waals surface area contributed by atoms with Gasteiger partial charge in [-0.05, 0) is 37.3 Å². The maximum absolute atomic E-state index is 12.4. The highest BCUT2D eigenvalue weighted by Crippen LogP contribution is 2.34. The third kappa shape index (κ3) is 3.51. The fourth-order valence-corrected chi connectivity index (χ4v) is 2.68. The largest absolute Gasteiger partial charge is 0.497 e. The second-order valence-electron chi connectivity index (χ2n) is 5.26. The minimum atomic E-state index is -0.450. The summed E-state index contributed by atoms with van der Waals surface area (Å²) in [5, 5.41) is 4.53. The average molecular weight is 357 g/mol. The lowest BCUT2D eigenvalue weighted by molar-refractivity contribution is 0.0527. The van der Waals surface area contributed by atoms with Gasteiger partial charge in [-0.15, -0.1) is 0 Å². The summed E-state index contributed by atoms with van der Waals surface area (Å²) >= 11 is 6.26. The van der Waals surface area contributed by atoms with Crippen molar-refractivity contribution in [1.82, 2.24) is 4.98 Å². The lowest BCUT2D eigenvalue weighted by Crippen LogP contribution is -2.09. The number of nitrogens with one attached hydrogen (secondary N) is 1. The summed E-state index contributed by atoms with van der Waals surface area (Å²) in [5.74, 6) is 0.215. The number of hydrogen-bond acceptors (Lipinski definition) is 5. The molecular weight excluding hydrogens is 340 g/mol. The van der Waals surface area contributed by atoms with Gasteiger partial charge in [0.05, 0.1) is 35.6 Å². The Labute approximate surface area is 150 Å². The van der Waals surface area contributed by atoms with Gasteiger partial charge in [0.25, 0.3) is 0 Å². The minimum Gasteiger partial charge on any atom is -0.497 e. The van der Waals surface area contributed by atoms with Crippen LogP contribution in [0.15, 0.2) is 48.7 Å². The van der Waals surface area contributed by atoms with Crippen LogP contribution in [0.4, 0.5) is 11.4 Å². The third-order valence-corrected chi connectivity index (χ3v) is 4.03. The summed E-state index contributed by atoms with van der Waals surface area (Å²) in [6.07, 6.45) is 1.51. The van der Waals surface area contributed by atoms with Crippen LogP contribution in [-0.2, 0) is 4.74 Å². The first-order valence-corrected chi connectivity index (χ1v) is 8.17. The van der Waals surface area contributed by atoms with E-state index in [2.05, 4.69) is 10.3 Å². The molecule has 128 valence electrons. The number of fused-ring (bicyclic) bond motifs is 1. The van der Waals surface area contributed by atoms with E-state index in [1.54, 1.807) is 20.1 Å². The Morgan fingerprint density at radius 2 is 2.04 bits per heavy atom. The van der Waals surface area contributed by atoms with Crippen molar-refractivity contribution in [2.75, 3.05) is 19.0 Å². The summed E-state index contributed by atoms with van der Waals surface area (Å²) in [7, 11) is 1.59. The number of benzene rings is 2. The van der Waals surface area contributed by atoms with E-state index in [0.29, 0.717) is 27.7 Å². The van der Waals surface area contributed by atoms with Crippen LogP contribution in [0.3, 0.4) is 0 Å². The number of aromatic nitrogens is 1. The van der Waals surface area contributed by atoms with Crippen LogP contribution >= 0.6 is 11.6 Å². The van der Waals surface area contributed by atoms with Crippen molar-refractivity contribution < 1.29 is 14.3 Å². The number of carbonyl (C=O) groups excluding carboxylic acids is 1. The molecule has 1 aromatic heterocycles. The summed E-state index contributed by atoms with van der Waals surface area (Å²) in [4.78, 5) is 16.7. The molecule has 0 saturated carbocycles. The Morgan fingerprint density at radius 1 is 1.24 bits per heavy atom. The molecule has 0 saturated heterocycles. The Balaban J connectivity index is 2.21. The standard InChI is InChI=1S/C19H17ClN2O3/c1-3-25-19(23)14-11-21-16-9-8-12(24-2)10-13(16)18(14)22-17-7-5-4-6-15(17)20/h4-11H,3H2,1-2H3,(H,21,22). The fourth-order valence-electron chi connectivity index (χ4n) is 2.49. The zero-order valence-corrected chi connectivity index (χ0v) is 14.6. The maximum atomic E-state index is 12.4. The van der Waals surface area contributed by atoms with E-state index in [9.17, 15) is 4.79 Å². The topological polar surface area (TPSA) is 60.5 Å². The highest BCUT2D eigenvalue weighted by Gasteiger charge is 2.18. The van der Waals surface area contributed by atoms with E-state index in [-0.39, 0.29) is 6.61 Å². The summed E-state index contributed by atoms with van der Waals surface area (Å²) < 4.78 is 10.5. The van der Waals surface area contributed by atoms with Crippen LogP contribution in [-0.4, -0.2) is 24.7 Å². The van der Waals surface area contributed by atoms with E-state index in [1.165, 1.54) is 6.20 Å². The number of pyridine rings is 1. The van der Waals surface area contributed by atoms with Crippen molar-refractivity contribution in [3.63, 3.8) is 0 Å². The normalized spacial score (nSPS) is 10.5. The van der Waals surface area contributed by atoms with Gasteiger partial charge < -0.3 is 14.8 Å². The Hall–Kier alpha value is -2.79. The molecule has 3 rings (SSSR count). The third-order valence-electron chi connectivity index (χ3n) is 3.70. The van der Waals surface area contributed by atoms with Crippen LogP contribution in [0.2, 0.25) is 5.02 Å². The number of hydrogen-bond donors (Lipinski definition) is 1. The molecule has 0 bridgehead atoms. The van der Waals surface area contributed by atoms with Gasteiger partial charge in [0.15, 0.2) is 0 Å². The van der Waals surface area contributed by atoms with Crippen molar-refractivity contribution in [3.05, 3.63) is 59.2 Å². The fraction of sp³-hybridized carbons (Fsp3) is 0.158. The number of halogens is 1. The first-order valence-electron chi connectivity index (χ1n) is 7.79. The van der Waals surface area contributed by atoms with Crippen molar-refractivity contribution in [2.24, 2.45) is 0 Å². The molecule has 1 N–H and O–H groups in total. The van der Waals surface area contributed by atoms with Crippen molar-refractivity contribution in [2.45, 2.75) is 6.92 Å². The van der Waals surface area contributed by atoms with E-state index in [0.717, 1.165) is 10.9 Å². The first kappa shape index (κ1) is 17.0. The van der Waals surface area contributed by atoms with Gasteiger partial charge in [0, 0.05) is 11.6 Å². The Bertz CT molecular complexity index is 928. The molecule has 0 atom stereocenters. The highest BCUT2D eigenvalue weighted by atomic mass is 35.5. The molecule has 0 spiro atoms. The number of esters is 1. The number of nitrogens with zero attached hydrogens (tertiary/aromatic N) is 1. The molecule has 0 amide bonds. The van der Waals surface area contributed by atoms with Crippen LogP contribution in [0.25, 0.3) is 10.9 Å². The number of para-hydroxylation sites is 1. The van der Waals surface area contributed by atoms with Crippen molar-refractivity contribution in [1.29, 1.82) is 0 Å². The summed E-state index contributed by atoms with van der Waals surface area (Å²) in [5.41, 5.74) is 2.33. The van der Waals surface area contributed by atoms with Crippen LogP contribution in [0.5, 0.6) is 5.75 Å². The predicted molar refractivity (Wildman–Crippen MR) is 99.0 cm³/mol. The van der Waals surface area contributed by atoms with Gasteiger partial charge in [-0.25, -0.2) is 4.79 Å². The Kier molecular flexibility index (Phi) is 5.05. The first-order chi connectivity index (χ1) is 12.1. The lowest BCUT2D eigenvalue weighted by atomic mass is 10.1. The number of ether oxygens (including phenoxy) is 2. The monoisotopic (exact) mass is 356 g/mol. The van der Waals surface area contributed by atoms with Gasteiger partial charge in [0.1, 0.15) is 11.3 Å². The molecule has 6 heteroatoms. The molecule has 1 heterocycles. The number of anilines is 2. The number of methoxy groups -OCH3 is 1. The molecule has 0 aliphatic heterocycles. The van der Waals surface area contributed by atoms with E-state index >= 15 is 0 Å². The van der Waals surface area contributed by atoms with Crippen LogP contribution < -0.4 is 10.1 Å². The second-order valence-corrected chi connectivity index (χ2v) is 5.66. The zero-order chi connectivity index (χ0) is 17.8. The van der Waals surface area contributed by atoms with E-state index < -0.39 is 5.97 Å².